The van der Waals surface area contributed by atoms with E-state index in [9.17, 15) is 0 Å². The fourth-order valence-corrected chi connectivity index (χ4v) is 2.69. The summed E-state index contributed by atoms with van der Waals surface area (Å²) in [4.78, 5) is 2.34. The Morgan fingerprint density at radius 2 is 1.95 bits per heavy atom. The first-order valence-electron chi connectivity index (χ1n) is 6.86. The van der Waals surface area contributed by atoms with Gasteiger partial charge in [-0.1, -0.05) is 0 Å². The standard InChI is InChI=1S/C15H23NO3/c1-18-13-3-4-15(19-2)14(11-13)16-8-5-12(6-9-16)7-10-17/h3-4,11-12,17H,5-10H2,1-2H3. The average Bonchev–Trinajstić information content (AvgIpc) is 2.47. The summed E-state index contributed by atoms with van der Waals surface area (Å²) in [6, 6.07) is 5.90. The molecule has 1 saturated heterocycles. The van der Waals surface area contributed by atoms with E-state index in [0.29, 0.717) is 12.5 Å². The van der Waals surface area contributed by atoms with Crippen LogP contribution >= 0.6 is 0 Å². The lowest BCUT2D eigenvalue weighted by Crippen LogP contribution is -2.34. The van der Waals surface area contributed by atoms with E-state index >= 15 is 0 Å². The molecule has 0 unspecified atom stereocenters. The average molecular weight is 265 g/mol. The molecule has 0 aliphatic carbocycles. The molecule has 1 heterocycles. The Bertz CT molecular complexity index is 400. The molecule has 4 nitrogen and oxygen atoms in total. The molecule has 0 aromatic heterocycles. The van der Waals surface area contributed by atoms with Gasteiger partial charge in [0.1, 0.15) is 11.5 Å². The molecule has 2 rings (SSSR count). The number of hydrogen-bond donors (Lipinski definition) is 1. The second-order valence-electron chi connectivity index (χ2n) is 4.98. The zero-order valence-corrected chi connectivity index (χ0v) is 11.8. The van der Waals surface area contributed by atoms with Crippen molar-refractivity contribution in [2.75, 3.05) is 38.8 Å². The zero-order chi connectivity index (χ0) is 13.7. The van der Waals surface area contributed by atoms with Crippen LogP contribution < -0.4 is 14.4 Å². The minimum Gasteiger partial charge on any atom is -0.497 e. The number of methoxy groups -OCH3 is 2. The highest BCUT2D eigenvalue weighted by atomic mass is 16.5. The zero-order valence-electron chi connectivity index (χ0n) is 11.8. The highest BCUT2D eigenvalue weighted by molar-refractivity contribution is 5.61. The summed E-state index contributed by atoms with van der Waals surface area (Å²) in [5, 5.41) is 9.00. The van der Waals surface area contributed by atoms with E-state index in [0.717, 1.165) is 49.5 Å². The number of anilines is 1. The predicted octanol–water partition coefficient (Wildman–Crippen LogP) is 2.30. The van der Waals surface area contributed by atoms with Gasteiger partial charge in [-0.3, -0.25) is 0 Å². The van der Waals surface area contributed by atoms with Gasteiger partial charge in [0.15, 0.2) is 0 Å². The van der Waals surface area contributed by atoms with Crippen LogP contribution in [0.1, 0.15) is 19.3 Å². The summed E-state index contributed by atoms with van der Waals surface area (Å²) in [7, 11) is 3.38. The molecule has 1 fully saturated rings. The number of hydrogen-bond acceptors (Lipinski definition) is 4. The molecule has 0 amide bonds. The van der Waals surface area contributed by atoms with Crippen LogP contribution in [0.2, 0.25) is 0 Å². The molecule has 1 aromatic carbocycles. The van der Waals surface area contributed by atoms with Crippen LogP contribution in [0.3, 0.4) is 0 Å². The molecule has 0 bridgehead atoms. The van der Waals surface area contributed by atoms with Crippen LogP contribution in [0.15, 0.2) is 18.2 Å². The Morgan fingerprint density at radius 3 is 2.53 bits per heavy atom. The number of benzene rings is 1. The Balaban J connectivity index is 2.09. The number of aliphatic hydroxyl groups excluding tert-OH is 1. The van der Waals surface area contributed by atoms with Gasteiger partial charge in [-0.15, -0.1) is 0 Å². The first-order valence-corrected chi connectivity index (χ1v) is 6.86. The molecule has 0 atom stereocenters. The van der Waals surface area contributed by atoms with Crippen LogP contribution in [-0.4, -0.2) is 39.0 Å². The lowest BCUT2D eigenvalue weighted by molar-refractivity contribution is 0.240. The SMILES string of the molecule is COc1ccc(OC)c(N2CCC(CCO)CC2)c1. The molecule has 106 valence electrons. The summed E-state index contributed by atoms with van der Waals surface area (Å²) in [6.45, 7) is 2.32. The molecule has 0 spiro atoms. The van der Waals surface area contributed by atoms with E-state index in [1.54, 1.807) is 14.2 Å². The molecule has 1 N–H and O–H groups in total. The summed E-state index contributed by atoms with van der Waals surface area (Å²) in [6.07, 6.45) is 3.17. The quantitative estimate of drug-likeness (QED) is 0.887. The van der Waals surface area contributed by atoms with Gasteiger partial charge in [-0.25, -0.2) is 0 Å². The van der Waals surface area contributed by atoms with Crippen molar-refractivity contribution < 1.29 is 14.6 Å². The fraction of sp³-hybridized carbons (Fsp3) is 0.600. The second-order valence-corrected chi connectivity index (χ2v) is 4.98. The van der Waals surface area contributed by atoms with Gasteiger partial charge in [0.05, 0.1) is 19.9 Å². The highest BCUT2D eigenvalue weighted by Gasteiger charge is 2.21. The Morgan fingerprint density at radius 1 is 1.21 bits per heavy atom. The molecular weight excluding hydrogens is 242 g/mol. The molecule has 19 heavy (non-hydrogen) atoms. The van der Waals surface area contributed by atoms with Crippen molar-refractivity contribution in [3.05, 3.63) is 18.2 Å². The van der Waals surface area contributed by atoms with Crippen LogP contribution in [-0.2, 0) is 0 Å². The predicted molar refractivity (Wildman–Crippen MR) is 76.2 cm³/mol. The molecular formula is C15H23NO3. The van der Waals surface area contributed by atoms with Gasteiger partial charge < -0.3 is 19.5 Å². The van der Waals surface area contributed by atoms with Gasteiger partial charge in [-0.05, 0) is 37.3 Å². The first-order chi connectivity index (χ1) is 9.28. The third kappa shape index (κ3) is 3.32. The van der Waals surface area contributed by atoms with Crippen molar-refractivity contribution in [3.63, 3.8) is 0 Å². The Kier molecular flexibility index (Phi) is 4.91. The fourth-order valence-electron chi connectivity index (χ4n) is 2.69. The van der Waals surface area contributed by atoms with Gasteiger partial charge >= 0.3 is 0 Å². The van der Waals surface area contributed by atoms with Gasteiger partial charge in [0, 0.05) is 25.8 Å². The third-order valence-corrected chi connectivity index (χ3v) is 3.88. The maximum Gasteiger partial charge on any atom is 0.142 e. The molecule has 0 saturated carbocycles. The minimum atomic E-state index is 0.299. The van der Waals surface area contributed by atoms with E-state index in [-0.39, 0.29) is 0 Å². The third-order valence-electron chi connectivity index (χ3n) is 3.88. The van der Waals surface area contributed by atoms with Crippen molar-refractivity contribution in [2.24, 2.45) is 5.92 Å². The highest BCUT2D eigenvalue weighted by Crippen LogP contribution is 2.35. The number of ether oxygens (including phenoxy) is 2. The van der Waals surface area contributed by atoms with Gasteiger partial charge in [0.25, 0.3) is 0 Å². The van der Waals surface area contributed by atoms with Crippen LogP contribution in [0.5, 0.6) is 11.5 Å². The summed E-state index contributed by atoms with van der Waals surface area (Å²) in [5.74, 6) is 2.40. The maximum atomic E-state index is 9.00. The summed E-state index contributed by atoms with van der Waals surface area (Å²) in [5.41, 5.74) is 1.10. The number of aliphatic hydroxyl groups is 1. The van der Waals surface area contributed by atoms with Crippen LogP contribution in [0.25, 0.3) is 0 Å². The maximum absolute atomic E-state index is 9.00. The first kappa shape index (κ1) is 14.0. The summed E-state index contributed by atoms with van der Waals surface area (Å²) < 4.78 is 10.7. The monoisotopic (exact) mass is 265 g/mol. The van der Waals surface area contributed by atoms with Crippen LogP contribution in [0, 0.1) is 5.92 Å². The van der Waals surface area contributed by atoms with E-state index < -0.39 is 0 Å². The van der Waals surface area contributed by atoms with E-state index in [2.05, 4.69) is 4.90 Å². The molecule has 4 heteroatoms. The molecule has 1 aromatic rings. The lowest BCUT2D eigenvalue weighted by Gasteiger charge is -2.34. The largest absolute Gasteiger partial charge is 0.497 e. The molecule has 1 aliphatic rings. The number of rotatable bonds is 5. The lowest BCUT2D eigenvalue weighted by atomic mass is 9.93. The van der Waals surface area contributed by atoms with Crippen molar-refractivity contribution in [3.8, 4) is 11.5 Å². The van der Waals surface area contributed by atoms with E-state index in [4.69, 9.17) is 14.6 Å². The van der Waals surface area contributed by atoms with Crippen molar-refractivity contribution in [1.82, 2.24) is 0 Å². The van der Waals surface area contributed by atoms with Gasteiger partial charge in [0.2, 0.25) is 0 Å². The molecule has 1 aliphatic heterocycles. The van der Waals surface area contributed by atoms with Crippen molar-refractivity contribution >= 4 is 5.69 Å². The summed E-state index contributed by atoms with van der Waals surface area (Å²) >= 11 is 0. The topological polar surface area (TPSA) is 41.9 Å². The van der Waals surface area contributed by atoms with E-state index in [1.807, 2.05) is 18.2 Å². The number of nitrogens with zero attached hydrogens (tertiary/aromatic N) is 1. The van der Waals surface area contributed by atoms with Crippen molar-refractivity contribution in [2.45, 2.75) is 19.3 Å². The van der Waals surface area contributed by atoms with E-state index in [1.165, 1.54) is 0 Å². The normalized spacial score (nSPS) is 16.5. The number of piperidine rings is 1. The minimum absolute atomic E-state index is 0.299. The Hall–Kier alpha value is -1.42. The smallest absolute Gasteiger partial charge is 0.142 e. The molecule has 0 radical (unpaired) electrons. The van der Waals surface area contributed by atoms with Gasteiger partial charge in [-0.2, -0.15) is 0 Å². The van der Waals surface area contributed by atoms with Crippen LogP contribution in [0.4, 0.5) is 5.69 Å². The van der Waals surface area contributed by atoms with Crippen molar-refractivity contribution in [1.29, 1.82) is 0 Å². The Labute approximate surface area is 114 Å². The second kappa shape index (κ2) is 6.66.